The third-order valence-electron chi connectivity index (χ3n) is 2.64. The number of ether oxygens (including phenoxy) is 1. The molecule has 1 unspecified atom stereocenters. The first-order valence-corrected chi connectivity index (χ1v) is 6.71. The summed E-state index contributed by atoms with van der Waals surface area (Å²) in [5, 5.41) is 9.59. The van der Waals surface area contributed by atoms with E-state index in [0.717, 1.165) is 15.3 Å². The number of likely N-dealkylation sites (N-methyl/N-ethyl adjacent to an activating group) is 1. The van der Waals surface area contributed by atoms with Gasteiger partial charge in [-0.05, 0) is 27.0 Å². The number of ketones is 1. The zero-order chi connectivity index (χ0) is 13.7. The molecule has 0 spiro atoms. The summed E-state index contributed by atoms with van der Waals surface area (Å²) in [6, 6.07) is 1.93. The summed E-state index contributed by atoms with van der Waals surface area (Å²) in [5.74, 6) is 0.101. The van der Waals surface area contributed by atoms with Crippen LogP contribution in [0, 0.1) is 13.8 Å². The van der Waals surface area contributed by atoms with Gasteiger partial charge < -0.3 is 9.84 Å². The third kappa shape index (κ3) is 4.49. The van der Waals surface area contributed by atoms with Gasteiger partial charge in [-0.1, -0.05) is 0 Å². The Morgan fingerprint density at radius 3 is 2.72 bits per heavy atom. The van der Waals surface area contributed by atoms with Crippen LogP contribution in [0.15, 0.2) is 6.07 Å². The molecule has 1 rings (SSSR count). The van der Waals surface area contributed by atoms with Gasteiger partial charge in [0.05, 0.1) is 19.3 Å². The van der Waals surface area contributed by atoms with Crippen molar-refractivity contribution in [2.24, 2.45) is 0 Å². The Hall–Kier alpha value is -0.750. The average Bonchev–Trinajstić information content (AvgIpc) is 2.57. The molecule has 0 fully saturated rings. The van der Waals surface area contributed by atoms with Crippen molar-refractivity contribution in [1.82, 2.24) is 4.90 Å². The van der Waals surface area contributed by atoms with E-state index in [1.54, 1.807) is 18.4 Å². The van der Waals surface area contributed by atoms with Gasteiger partial charge in [0.25, 0.3) is 0 Å². The summed E-state index contributed by atoms with van der Waals surface area (Å²) in [4.78, 5) is 16.1. The second kappa shape index (κ2) is 6.99. The van der Waals surface area contributed by atoms with E-state index < -0.39 is 6.10 Å². The normalized spacial score (nSPS) is 13.0. The molecule has 102 valence electrons. The maximum atomic E-state index is 12.1. The maximum Gasteiger partial charge on any atom is 0.177 e. The Morgan fingerprint density at radius 1 is 1.56 bits per heavy atom. The van der Waals surface area contributed by atoms with Gasteiger partial charge in [0.2, 0.25) is 0 Å². The van der Waals surface area contributed by atoms with Crippen molar-refractivity contribution in [3.63, 3.8) is 0 Å². The summed E-state index contributed by atoms with van der Waals surface area (Å²) in [6.45, 7) is 5.00. The van der Waals surface area contributed by atoms with E-state index >= 15 is 0 Å². The van der Waals surface area contributed by atoms with Crippen LogP contribution in [0.5, 0.6) is 0 Å². The first-order valence-electron chi connectivity index (χ1n) is 5.89. The lowest BCUT2D eigenvalue weighted by Gasteiger charge is -2.19. The molecule has 0 bridgehead atoms. The number of hydrogen-bond donors (Lipinski definition) is 1. The minimum absolute atomic E-state index is 0.101. The van der Waals surface area contributed by atoms with E-state index in [-0.39, 0.29) is 12.4 Å². The summed E-state index contributed by atoms with van der Waals surface area (Å²) in [7, 11) is 3.37. The van der Waals surface area contributed by atoms with Crippen LogP contribution in [0.3, 0.4) is 0 Å². The molecule has 0 radical (unpaired) electrons. The highest BCUT2D eigenvalue weighted by Crippen LogP contribution is 2.21. The summed E-state index contributed by atoms with van der Waals surface area (Å²) < 4.78 is 4.86. The van der Waals surface area contributed by atoms with Crippen molar-refractivity contribution in [2.75, 3.05) is 33.9 Å². The van der Waals surface area contributed by atoms with E-state index in [2.05, 4.69) is 0 Å². The van der Waals surface area contributed by atoms with Crippen LogP contribution in [0.4, 0.5) is 0 Å². The molecule has 0 saturated carbocycles. The lowest BCUT2D eigenvalue weighted by Crippen LogP contribution is -2.35. The van der Waals surface area contributed by atoms with Crippen LogP contribution in [0.25, 0.3) is 0 Å². The number of aliphatic hydroxyl groups excluding tert-OH is 1. The summed E-state index contributed by atoms with van der Waals surface area (Å²) in [6.07, 6.45) is -0.557. The molecule has 0 saturated heterocycles. The number of aryl methyl sites for hydroxylation is 2. The molecule has 0 aliphatic carbocycles. The van der Waals surface area contributed by atoms with Crippen LogP contribution >= 0.6 is 11.3 Å². The summed E-state index contributed by atoms with van der Waals surface area (Å²) in [5.41, 5.74) is 0.797. The number of nitrogens with zero attached hydrogens (tertiary/aromatic N) is 1. The first-order chi connectivity index (χ1) is 8.43. The van der Waals surface area contributed by atoms with Crippen molar-refractivity contribution in [3.8, 4) is 0 Å². The number of thiophene rings is 1. The molecule has 1 N–H and O–H groups in total. The zero-order valence-electron chi connectivity index (χ0n) is 11.4. The minimum atomic E-state index is -0.557. The first kappa shape index (κ1) is 15.3. The standard InChI is InChI=1S/C13H21NO3S/c1-9-5-12(10(2)18-9)13(16)7-14(3)6-11(15)8-17-4/h5,11,15H,6-8H2,1-4H3. The number of hydrogen-bond acceptors (Lipinski definition) is 5. The average molecular weight is 271 g/mol. The number of methoxy groups -OCH3 is 1. The Labute approximate surface area is 112 Å². The smallest absolute Gasteiger partial charge is 0.177 e. The van der Waals surface area contributed by atoms with Crippen molar-refractivity contribution >= 4 is 17.1 Å². The Balaban J connectivity index is 2.52. The van der Waals surface area contributed by atoms with Gasteiger partial charge >= 0.3 is 0 Å². The highest BCUT2D eigenvalue weighted by atomic mass is 32.1. The van der Waals surface area contributed by atoms with E-state index in [9.17, 15) is 9.90 Å². The number of carbonyl (C=O) groups excluding carboxylic acids is 1. The Morgan fingerprint density at radius 2 is 2.22 bits per heavy atom. The zero-order valence-corrected chi connectivity index (χ0v) is 12.2. The minimum Gasteiger partial charge on any atom is -0.389 e. The monoisotopic (exact) mass is 271 g/mol. The molecule has 0 aliphatic rings. The predicted molar refractivity (Wildman–Crippen MR) is 73.5 cm³/mol. The van der Waals surface area contributed by atoms with Gasteiger partial charge in [-0.15, -0.1) is 11.3 Å². The van der Waals surface area contributed by atoms with Gasteiger partial charge in [-0.2, -0.15) is 0 Å². The molecule has 0 aromatic carbocycles. The summed E-state index contributed by atoms with van der Waals surface area (Å²) >= 11 is 1.64. The van der Waals surface area contributed by atoms with Crippen LogP contribution in [0.1, 0.15) is 20.1 Å². The van der Waals surface area contributed by atoms with E-state index in [1.807, 2.05) is 31.9 Å². The Bertz CT molecular complexity index is 403. The fourth-order valence-electron chi connectivity index (χ4n) is 1.91. The molecule has 0 aliphatic heterocycles. The molecule has 18 heavy (non-hydrogen) atoms. The highest BCUT2D eigenvalue weighted by molar-refractivity contribution is 7.12. The van der Waals surface area contributed by atoms with Gasteiger partial charge in [-0.25, -0.2) is 0 Å². The molecular formula is C13H21NO3S. The van der Waals surface area contributed by atoms with Crippen molar-refractivity contribution in [2.45, 2.75) is 20.0 Å². The number of aliphatic hydroxyl groups is 1. The van der Waals surface area contributed by atoms with Gasteiger partial charge in [0.15, 0.2) is 5.78 Å². The Kier molecular flexibility index (Phi) is 5.95. The van der Waals surface area contributed by atoms with Gasteiger partial charge in [-0.3, -0.25) is 9.69 Å². The second-order valence-electron chi connectivity index (χ2n) is 4.56. The SMILES string of the molecule is COCC(O)CN(C)CC(=O)c1cc(C)sc1C. The highest BCUT2D eigenvalue weighted by Gasteiger charge is 2.15. The van der Waals surface area contributed by atoms with Crippen LogP contribution in [-0.2, 0) is 4.74 Å². The second-order valence-corrected chi connectivity index (χ2v) is 6.02. The van der Waals surface area contributed by atoms with E-state index in [4.69, 9.17) is 4.74 Å². The van der Waals surface area contributed by atoms with Crippen LogP contribution in [-0.4, -0.2) is 55.7 Å². The van der Waals surface area contributed by atoms with Crippen molar-refractivity contribution < 1.29 is 14.6 Å². The molecule has 1 aromatic rings. The number of carbonyl (C=O) groups is 1. The van der Waals surface area contributed by atoms with E-state index in [1.165, 1.54) is 0 Å². The largest absolute Gasteiger partial charge is 0.389 e. The lowest BCUT2D eigenvalue weighted by atomic mass is 10.1. The fourth-order valence-corrected chi connectivity index (χ4v) is 2.85. The lowest BCUT2D eigenvalue weighted by molar-refractivity contribution is 0.0427. The molecule has 1 aromatic heterocycles. The predicted octanol–water partition coefficient (Wildman–Crippen LogP) is 1.49. The molecule has 5 heteroatoms. The quantitative estimate of drug-likeness (QED) is 0.763. The molecule has 0 amide bonds. The fraction of sp³-hybridized carbons (Fsp3) is 0.615. The van der Waals surface area contributed by atoms with E-state index in [0.29, 0.717) is 13.1 Å². The van der Waals surface area contributed by atoms with Crippen molar-refractivity contribution in [1.29, 1.82) is 0 Å². The number of rotatable bonds is 7. The molecule has 4 nitrogen and oxygen atoms in total. The molecular weight excluding hydrogens is 250 g/mol. The molecule has 1 atom stereocenters. The molecule has 1 heterocycles. The number of Topliss-reactive ketones (excluding diaryl/α,β-unsaturated/α-hetero) is 1. The third-order valence-corrected chi connectivity index (χ3v) is 3.60. The van der Waals surface area contributed by atoms with Crippen molar-refractivity contribution in [3.05, 3.63) is 21.4 Å². The topological polar surface area (TPSA) is 49.8 Å². The van der Waals surface area contributed by atoms with Crippen LogP contribution < -0.4 is 0 Å². The maximum absolute atomic E-state index is 12.1. The van der Waals surface area contributed by atoms with Gasteiger partial charge in [0.1, 0.15) is 0 Å². The van der Waals surface area contributed by atoms with Crippen LogP contribution in [0.2, 0.25) is 0 Å². The van der Waals surface area contributed by atoms with Gasteiger partial charge in [0, 0.05) is 29.0 Å².